The first-order valence-corrected chi connectivity index (χ1v) is 10.3. The molecule has 0 heterocycles. The maximum atomic E-state index is 6.48. The Kier molecular flexibility index (Phi) is 5.82. The zero-order valence-corrected chi connectivity index (χ0v) is 14.4. The molecule has 0 aliphatic rings. The van der Waals surface area contributed by atoms with E-state index in [9.17, 15) is 0 Å². The standard InChI is InChI=1S/C18H26O2Si/c1-4-7-15-19-21(5-2,6-3)20-18-14-10-12-16-11-8-9-13-17(16)18/h8-14H,4-7,15H2,1-3H3. The Bertz CT molecular complexity index is 559. The molecule has 0 atom stereocenters. The largest absolute Gasteiger partial charge is 0.520 e. The van der Waals surface area contributed by atoms with E-state index in [1.54, 1.807) is 0 Å². The molecule has 0 spiro atoms. The lowest BCUT2D eigenvalue weighted by atomic mass is 10.1. The number of benzene rings is 2. The minimum atomic E-state index is -2.14. The highest BCUT2D eigenvalue weighted by atomic mass is 28.4. The van der Waals surface area contributed by atoms with Gasteiger partial charge in [0.05, 0.1) is 0 Å². The van der Waals surface area contributed by atoms with Crippen molar-refractivity contribution < 1.29 is 8.85 Å². The number of hydrogen-bond donors (Lipinski definition) is 0. The molecule has 0 aliphatic carbocycles. The molecule has 0 aliphatic heterocycles. The predicted octanol–water partition coefficient (Wildman–Crippen LogP) is 5.52. The normalized spacial score (nSPS) is 11.8. The summed E-state index contributed by atoms with van der Waals surface area (Å²) >= 11 is 0. The average Bonchev–Trinajstić information content (AvgIpc) is 2.54. The lowest BCUT2D eigenvalue weighted by Gasteiger charge is -2.30. The highest BCUT2D eigenvalue weighted by molar-refractivity contribution is 6.68. The molecule has 2 nitrogen and oxygen atoms in total. The van der Waals surface area contributed by atoms with E-state index in [-0.39, 0.29) is 0 Å². The summed E-state index contributed by atoms with van der Waals surface area (Å²) in [5.41, 5.74) is 0. The molecule has 2 aromatic rings. The van der Waals surface area contributed by atoms with Gasteiger partial charge in [-0.1, -0.05) is 63.6 Å². The van der Waals surface area contributed by atoms with Gasteiger partial charge in [0.25, 0.3) is 0 Å². The van der Waals surface area contributed by atoms with Gasteiger partial charge in [-0.05, 0) is 30.0 Å². The fourth-order valence-corrected chi connectivity index (χ4v) is 4.87. The van der Waals surface area contributed by atoms with Crippen LogP contribution in [0.15, 0.2) is 42.5 Å². The molecular formula is C18H26O2Si. The number of rotatable bonds is 8. The maximum Gasteiger partial charge on any atom is 0.398 e. The van der Waals surface area contributed by atoms with E-state index in [4.69, 9.17) is 8.85 Å². The first kappa shape index (κ1) is 16.1. The zero-order chi connectivity index (χ0) is 15.1. The van der Waals surface area contributed by atoms with Gasteiger partial charge in [-0.25, -0.2) is 0 Å². The van der Waals surface area contributed by atoms with Crippen LogP contribution in [0.1, 0.15) is 33.6 Å². The van der Waals surface area contributed by atoms with Crippen molar-refractivity contribution in [2.75, 3.05) is 6.61 Å². The van der Waals surface area contributed by atoms with Gasteiger partial charge in [0.2, 0.25) is 0 Å². The monoisotopic (exact) mass is 302 g/mol. The van der Waals surface area contributed by atoms with E-state index < -0.39 is 8.56 Å². The van der Waals surface area contributed by atoms with Crippen LogP contribution in [0.25, 0.3) is 10.8 Å². The molecule has 0 radical (unpaired) electrons. The van der Waals surface area contributed by atoms with E-state index in [1.165, 1.54) is 10.8 Å². The average molecular weight is 302 g/mol. The third kappa shape index (κ3) is 3.86. The van der Waals surface area contributed by atoms with Gasteiger partial charge in [0.15, 0.2) is 0 Å². The Morgan fingerprint density at radius 2 is 1.62 bits per heavy atom. The third-order valence-corrected chi connectivity index (χ3v) is 7.46. The smallest absolute Gasteiger partial charge is 0.398 e. The van der Waals surface area contributed by atoms with Crippen molar-refractivity contribution in [2.24, 2.45) is 0 Å². The first-order chi connectivity index (χ1) is 10.2. The van der Waals surface area contributed by atoms with Crippen molar-refractivity contribution in [3.63, 3.8) is 0 Å². The topological polar surface area (TPSA) is 18.5 Å². The SMILES string of the molecule is CCCCO[Si](CC)(CC)Oc1cccc2ccccc12. The van der Waals surface area contributed by atoms with E-state index in [0.717, 1.165) is 37.3 Å². The Hall–Kier alpha value is -1.32. The molecule has 0 amide bonds. The Morgan fingerprint density at radius 3 is 2.33 bits per heavy atom. The third-order valence-electron chi connectivity index (χ3n) is 3.99. The van der Waals surface area contributed by atoms with E-state index in [2.05, 4.69) is 63.2 Å². The highest BCUT2D eigenvalue weighted by Gasteiger charge is 2.36. The predicted molar refractivity (Wildman–Crippen MR) is 92.2 cm³/mol. The summed E-state index contributed by atoms with van der Waals surface area (Å²) in [6.07, 6.45) is 2.26. The molecule has 3 heteroatoms. The lowest BCUT2D eigenvalue weighted by molar-refractivity contribution is 0.233. The van der Waals surface area contributed by atoms with Crippen LogP contribution in [0, 0.1) is 0 Å². The van der Waals surface area contributed by atoms with E-state index >= 15 is 0 Å². The molecular weight excluding hydrogens is 276 g/mol. The second-order valence-corrected chi connectivity index (χ2v) is 9.13. The summed E-state index contributed by atoms with van der Waals surface area (Å²) in [7, 11) is -2.14. The molecule has 0 unspecified atom stereocenters. The van der Waals surface area contributed by atoms with Gasteiger partial charge in [-0.15, -0.1) is 0 Å². The minimum Gasteiger partial charge on any atom is -0.520 e. The van der Waals surface area contributed by atoms with Crippen LogP contribution < -0.4 is 4.43 Å². The molecule has 0 saturated carbocycles. The Balaban J connectivity index is 2.26. The molecule has 114 valence electrons. The highest BCUT2D eigenvalue weighted by Crippen LogP contribution is 2.30. The fourth-order valence-electron chi connectivity index (χ4n) is 2.52. The maximum absolute atomic E-state index is 6.48. The van der Waals surface area contributed by atoms with Crippen molar-refractivity contribution in [3.8, 4) is 5.75 Å². The van der Waals surface area contributed by atoms with Crippen LogP contribution in [0.5, 0.6) is 5.75 Å². The van der Waals surface area contributed by atoms with Gasteiger partial charge in [0.1, 0.15) is 5.75 Å². The summed E-state index contributed by atoms with van der Waals surface area (Å²) in [5.74, 6) is 0.972. The van der Waals surface area contributed by atoms with Gasteiger partial charge in [0, 0.05) is 12.0 Å². The summed E-state index contributed by atoms with van der Waals surface area (Å²) in [5, 5.41) is 2.40. The van der Waals surface area contributed by atoms with Crippen molar-refractivity contribution in [1.29, 1.82) is 0 Å². The molecule has 0 aromatic heterocycles. The molecule has 0 fully saturated rings. The fraction of sp³-hybridized carbons (Fsp3) is 0.444. The molecule has 0 N–H and O–H groups in total. The van der Waals surface area contributed by atoms with E-state index in [1.807, 2.05) is 0 Å². The van der Waals surface area contributed by atoms with Crippen LogP contribution in [0.4, 0.5) is 0 Å². The van der Waals surface area contributed by atoms with Crippen LogP contribution in [-0.2, 0) is 4.43 Å². The summed E-state index contributed by atoms with van der Waals surface area (Å²) < 4.78 is 12.7. The van der Waals surface area contributed by atoms with Crippen molar-refractivity contribution in [2.45, 2.75) is 45.7 Å². The zero-order valence-electron chi connectivity index (χ0n) is 13.4. The molecule has 0 saturated heterocycles. The number of hydrogen-bond acceptors (Lipinski definition) is 2. The Labute approximate surface area is 129 Å². The quantitative estimate of drug-likeness (QED) is 0.472. The second kappa shape index (κ2) is 7.62. The van der Waals surface area contributed by atoms with E-state index in [0.29, 0.717) is 0 Å². The van der Waals surface area contributed by atoms with Gasteiger partial charge >= 0.3 is 8.56 Å². The second-order valence-electron chi connectivity index (χ2n) is 5.40. The lowest BCUT2D eigenvalue weighted by Crippen LogP contribution is -2.44. The summed E-state index contributed by atoms with van der Waals surface area (Å²) in [6.45, 7) is 7.38. The van der Waals surface area contributed by atoms with Crippen LogP contribution in [-0.4, -0.2) is 15.2 Å². The van der Waals surface area contributed by atoms with Gasteiger partial charge in [-0.2, -0.15) is 0 Å². The molecule has 2 aromatic carbocycles. The summed E-state index contributed by atoms with van der Waals surface area (Å²) in [4.78, 5) is 0. The molecule has 21 heavy (non-hydrogen) atoms. The van der Waals surface area contributed by atoms with Crippen LogP contribution >= 0.6 is 0 Å². The van der Waals surface area contributed by atoms with Crippen molar-refractivity contribution >= 4 is 19.3 Å². The van der Waals surface area contributed by atoms with Gasteiger partial charge < -0.3 is 8.85 Å². The number of unbranched alkanes of at least 4 members (excludes halogenated alkanes) is 1. The first-order valence-electron chi connectivity index (χ1n) is 8.05. The van der Waals surface area contributed by atoms with Crippen molar-refractivity contribution in [3.05, 3.63) is 42.5 Å². The number of fused-ring (bicyclic) bond motifs is 1. The van der Waals surface area contributed by atoms with Crippen LogP contribution in [0.2, 0.25) is 12.1 Å². The van der Waals surface area contributed by atoms with Crippen molar-refractivity contribution in [1.82, 2.24) is 0 Å². The van der Waals surface area contributed by atoms with Gasteiger partial charge in [-0.3, -0.25) is 0 Å². The molecule has 0 bridgehead atoms. The summed E-state index contributed by atoms with van der Waals surface area (Å²) in [6, 6.07) is 16.6. The van der Waals surface area contributed by atoms with Crippen LogP contribution in [0.3, 0.4) is 0 Å². The molecule has 2 rings (SSSR count). The Morgan fingerprint density at radius 1 is 0.905 bits per heavy atom. The minimum absolute atomic E-state index is 0.815.